The third-order valence-electron chi connectivity index (χ3n) is 1.85. The Morgan fingerprint density at radius 1 is 1.29 bits per heavy atom. The summed E-state index contributed by atoms with van der Waals surface area (Å²) in [7, 11) is 1.28. The van der Waals surface area contributed by atoms with Crippen LogP contribution in [0.4, 0.5) is 0 Å². The van der Waals surface area contributed by atoms with Gasteiger partial charge in [-0.3, -0.25) is 0 Å². The fraction of sp³-hybridized carbons (Fsp3) is 0.200. The van der Waals surface area contributed by atoms with Crippen LogP contribution in [-0.2, 0) is 9.05 Å². The van der Waals surface area contributed by atoms with Gasteiger partial charge < -0.3 is 4.74 Å². The van der Waals surface area contributed by atoms with Crippen LogP contribution in [0.1, 0.15) is 6.42 Å². The summed E-state index contributed by atoms with van der Waals surface area (Å²) >= 11 is 11.7. The minimum absolute atomic E-state index is 0.0254. The minimum Gasteiger partial charge on any atom is -0.492 e. The Balaban J connectivity index is 3.07. The Bertz CT molecular complexity index is 526. The van der Waals surface area contributed by atoms with Crippen LogP contribution in [0.25, 0.3) is 0 Å². The summed E-state index contributed by atoms with van der Waals surface area (Å²) in [6.45, 7) is 3.92. The molecule has 0 N–H and O–H groups in total. The van der Waals surface area contributed by atoms with E-state index < -0.39 is 9.05 Å². The number of rotatable bonds is 5. The summed E-state index contributed by atoms with van der Waals surface area (Å²) in [5.41, 5.74) is 0. The van der Waals surface area contributed by atoms with E-state index in [1.54, 1.807) is 6.08 Å². The monoisotopic (exact) mass is 314 g/mol. The van der Waals surface area contributed by atoms with Crippen LogP contribution in [0, 0.1) is 0 Å². The van der Waals surface area contributed by atoms with Crippen LogP contribution < -0.4 is 4.74 Å². The van der Waals surface area contributed by atoms with Gasteiger partial charge in [0, 0.05) is 10.7 Å². The minimum atomic E-state index is -3.91. The quantitative estimate of drug-likeness (QED) is 0.470. The largest absolute Gasteiger partial charge is 0.492 e. The van der Waals surface area contributed by atoms with Crippen molar-refractivity contribution in [1.82, 2.24) is 0 Å². The van der Waals surface area contributed by atoms with Crippen molar-refractivity contribution in [3.05, 3.63) is 34.8 Å². The van der Waals surface area contributed by atoms with Gasteiger partial charge in [0.1, 0.15) is 15.7 Å². The molecule has 0 aliphatic heterocycles. The lowest BCUT2D eigenvalue weighted by atomic mass is 10.3. The Labute approximate surface area is 114 Å². The lowest BCUT2D eigenvalue weighted by Gasteiger charge is -2.09. The van der Waals surface area contributed by atoms with Crippen LogP contribution in [0.2, 0.25) is 10.0 Å². The molecule has 0 bridgehead atoms. The molecular weight excluding hydrogens is 307 g/mol. The van der Waals surface area contributed by atoms with Crippen LogP contribution in [0.3, 0.4) is 0 Å². The van der Waals surface area contributed by atoms with Gasteiger partial charge in [0.15, 0.2) is 0 Å². The van der Waals surface area contributed by atoms with Crippen molar-refractivity contribution in [3.8, 4) is 5.75 Å². The Hall–Kier alpha value is -0.420. The molecule has 0 radical (unpaired) electrons. The molecule has 0 heterocycles. The SMILES string of the molecule is C=CCCOc1ccc(S(=O)(=O)Cl)c(Cl)c1Cl. The maximum absolute atomic E-state index is 11.1. The zero-order valence-electron chi connectivity index (χ0n) is 8.62. The molecule has 3 nitrogen and oxygen atoms in total. The molecule has 0 unspecified atom stereocenters. The molecule has 0 spiro atoms. The highest BCUT2D eigenvalue weighted by atomic mass is 35.7. The molecular formula is C10H9Cl3O3S. The van der Waals surface area contributed by atoms with Gasteiger partial charge in [0.2, 0.25) is 0 Å². The number of ether oxygens (including phenoxy) is 1. The molecule has 1 aromatic rings. The first-order valence-corrected chi connectivity index (χ1v) is 7.60. The fourth-order valence-corrected chi connectivity index (χ4v) is 2.85. The highest BCUT2D eigenvalue weighted by Gasteiger charge is 2.19. The van der Waals surface area contributed by atoms with Gasteiger partial charge in [0.05, 0.1) is 11.6 Å². The van der Waals surface area contributed by atoms with E-state index in [-0.39, 0.29) is 14.9 Å². The molecule has 0 aliphatic rings. The molecule has 0 atom stereocenters. The first kappa shape index (κ1) is 14.6. The summed E-state index contributed by atoms with van der Waals surface area (Å²) in [5, 5.41) is -0.116. The van der Waals surface area contributed by atoms with Crippen molar-refractivity contribution in [3.63, 3.8) is 0 Å². The summed E-state index contributed by atoms with van der Waals surface area (Å²) in [6, 6.07) is 2.66. The topological polar surface area (TPSA) is 43.4 Å². The van der Waals surface area contributed by atoms with Crippen molar-refractivity contribution in [2.75, 3.05) is 6.61 Å². The zero-order chi connectivity index (χ0) is 13.1. The molecule has 0 saturated carbocycles. The Morgan fingerprint density at radius 3 is 2.47 bits per heavy atom. The van der Waals surface area contributed by atoms with Gasteiger partial charge in [-0.25, -0.2) is 8.42 Å². The highest BCUT2D eigenvalue weighted by Crippen LogP contribution is 2.37. The first-order valence-electron chi connectivity index (χ1n) is 4.54. The average Bonchev–Trinajstić information content (AvgIpc) is 2.23. The van der Waals surface area contributed by atoms with E-state index in [0.29, 0.717) is 18.8 Å². The normalized spacial score (nSPS) is 11.2. The van der Waals surface area contributed by atoms with Gasteiger partial charge in [-0.05, 0) is 18.6 Å². The first-order chi connectivity index (χ1) is 7.88. The highest BCUT2D eigenvalue weighted by molar-refractivity contribution is 8.13. The molecule has 0 amide bonds. The number of hydrogen-bond donors (Lipinski definition) is 0. The van der Waals surface area contributed by atoms with Crippen LogP contribution in [0.15, 0.2) is 29.7 Å². The molecule has 1 rings (SSSR count). The third kappa shape index (κ3) is 3.78. The lowest BCUT2D eigenvalue weighted by molar-refractivity contribution is 0.325. The average molecular weight is 316 g/mol. The van der Waals surface area contributed by atoms with E-state index in [0.717, 1.165) is 0 Å². The second kappa shape index (κ2) is 5.96. The fourth-order valence-electron chi connectivity index (χ4n) is 1.07. The molecule has 17 heavy (non-hydrogen) atoms. The number of benzene rings is 1. The Kier molecular flexibility index (Phi) is 5.13. The molecule has 7 heteroatoms. The van der Waals surface area contributed by atoms with Gasteiger partial charge in [0.25, 0.3) is 9.05 Å². The number of halogens is 3. The van der Waals surface area contributed by atoms with Crippen LogP contribution >= 0.6 is 33.9 Å². The predicted octanol–water partition coefficient (Wildman–Crippen LogP) is 3.88. The maximum Gasteiger partial charge on any atom is 0.262 e. The summed E-state index contributed by atoms with van der Waals surface area (Å²) in [6.07, 6.45) is 2.33. The standard InChI is InChI=1S/C10H9Cl3O3S/c1-2-3-6-16-7-4-5-8(17(13,14)15)10(12)9(7)11/h2,4-5H,1,3,6H2. The van der Waals surface area contributed by atoms with Crippen molar-refractivity contribution in [2.45, 2.75) is 11.3 Å². The molecule has 0 aliphatic carbocycles. The van der Waals surface area contributed by atoms with Gasteiger partial charge in [-0.15, -0.1) is 6.58 Å². The zero-order valence-corrected chi connectivity index (χ0v) is 11.7. The molecule has 0 saturated heterocycles. The van der Waals surface area contributed by atoms with E-state index in [1.165, 1.54) is 12.1 Å². The second-order valence-electron chi connectivity index (χ2n) is 3.05. The van der Waals surface area contributed by atoms with Gasteiger partial charge in [-0.1, -0.05) is 29.3 Å². The van der Waals surface area contributed by atoms with Crippen LogP contribution in [0.5, 0.6) is 5.75 Å². The van der Waals surface area contributed by atoms with Crippen molar-refractivity contribution >= 4 is 42.9 Å². The summed E-state index contributed by atoms with van der Waals surface area (Å²) in [4.78, 5) is -0.234. The molecule has 0 fully saturated rings. The third-order valence-corrected chi connectivity index (χ3v) is 4.19. The van der Waals surface area contributed by atoms with E-state index in [1.807, 2.05) is 0 Å². The van der Waals surface area contributed by atoms with Crippen LogP contribution in [-0.4, -0.2) is 15.0 Å². The molecule has 94 valence electrons. The van der Waals surface area contributed by atoms with Crippen molar-refractivity contribution < 1.29 is 13.2 Å². The smallest absolute Gasteiger partial charge is 0.262 e. The molecule has 0 aromatic heterocycles. The molecule has 1 aromatic carbocycles. The van der Waals surface area contributed by atoms with E-state index >= 15 is 0 Å². The van der Waals surface area contributed by atoms with E-state index in [9.17, 15) is 8.42 Å². The van der Waals surface area contributed by atoms with Gasteiger partial charge >= 0.3 is 0 Å². The predicted molar refractivity (Wildman–Crippen MR) is 69.8 cm³/mol. The van der Waals surface area contributed by atoms with Crippen molar-refractivity contribution in [2.24, 2.45) is 0 Å². The summed E-state index contributed by atoms with van der Waals surface area (Å²) < 4.78 is 27.6. The summed E-state index contributed by atoms with van der Waals surface area (Å²) in [5.74, 6) is 0.308. The van der Waals surface area contributed by atoms with E-state index in [4.69, 9.17) is 38.6 Å². The van der Waals surface area contributed by atoms with E-state index in [2.05, 4.69) is 6.58 Å². The maximum atomic E-state index is 11.1. The van der Waals surface area contributed by atoms with Crippen molar-refractivity contribution in [1.29, 1.82) is 0 Å². The van der Waals surface area contributed by atoms with Gasteiger partial charge in [-0.2, -0.15) is 0 Å². The Morgan fingerprint density at radius 2 is 1.94 bits per heavy atom. The lowest BCUT2D eigenvalue weighted by Crippen LogP contribution is -1.98. The number of hydrogen-bond acceptors (Lipinski definition) is 3. The second-order valence-corrected chi connectivity index (χ2v) is 6.34.